The third kappa shape index (κ3) is 6.42. The number of hydrogen-bond donors (Lipinski definition) is 2. The third-order valence-electron chi connectivity index (χ3n) is 6.21. The minimum atomic E-state index is -0.613. The van der Waals surface area contributed by atoms with Gasteiger partial charge < -0.3 is 9.64 Å². The number of likely N-dealkylation sites (tertiary alicyclic amines) is 1. The summed E-state index contributed by atoms with van der Waals surface area (Å²) in [5.41, 5.74) is 3.86. The van der Waals surface area contributed by atoms with Gasteiger partial charge in [-0.2, -0.15) is 0 Å². The molecule has 0 atom stereocenters. The number of imide groups is 1. The summed E-state index contributed by atoms with van der Waals surface area (Å²) in [4.78, 5) is 34.4. The molecule has 1 aromatic carbocycles. The number of benzene rings is 1. The highest BCUT2D eigenvalue weighted by Crippen LogP contribution is 2.31. The van der Waals surface area contributed by atoms with Gasteiger partial charge in [0.25, 0.3) is 0 Å². The number of nitrogens with zero attached hydrogens (tertiary/aromatic N) is 3. The molecule has 8 heteroatoms. The first-order chi connectivity index (χ1) is 16.9. The number of aromatic nitrogens is 2. The Kier molecular flexibility index (Phi) is 7.72. The zero-order valence-electron chi connectivity index (χ0n) is 20.4. The monoisotopic (exact) mass is 473 g/mol. The molecule has 0 saturated carbocycles. The number of hydrogen-bond acceptors (Lipinski definition) is 6. The smallest absolute Gasteiger partial charge is 0.327 e. The van der Waals surface area contributed by atoms with E-state index in [4.69, 9.17) is 4.74 Å². The van der Waals surface area contributed by atoms with Crippen molar-refractivity contribution in [2.24, 2.45) is 0 Å². The lowest BCUT2D eigenvalue weighted by molar-refractivity contribution is -0.119. The van der Waals surface area contributed by atoms with E-state index in [0.717, 1.165) is 24.3 Å². The van der Waals surface area contributed by atoms with Crippen molar-refractivity contribution in [3.63, 3.8) is 0 Å². The second-order valence-electron chi connectivity index (χ2n) is 8.81. The number of carbonyl (C=O) groups is 2. The van der Waals surface area contributed by atoms with Gasteiger partial charge in [0.1, 0.15) is 17.3 Å². The highest BCUT2D eigenvalue weighted by Gasteiger charge is 2.18. The van der Waals surface area contributed by atoms with Crippen molar-refractivity contribution in [3.8, 4) is 22.8 Å². The second kappa shape index (κ2) is 11.1. The lowest BCUT2D eigenvalue weighted by Crippen LogP contribution is -2.34. The number of aryl methyl sites for hydroxylation is 1. The minimum absolute atomic E-state index is 0.225. The summed E-state index contributed by atoms with van der Waals surface area (Å²) in [5, 5.41) is 4.78. The molecular weight excluding hydrogens is 442 g/mol. The van der Waals surface area contributed by atoms with Crippen molar-refractivity contribution < 1.29 is 14.3 Å². The Morgan fingerprint density at radius 3 is 2.51 bits per heavy atom. The standard InChI is InChI=1S/C27H31N5O3/c1-4-26(33)31-27(34)30-25-10-9-24(18(2)29-25)35-22-11-14-28-23(17-22)21-7-5-19(6-8-21)20-12-15-32(3)16-13-20/h5-11,14,17,20H,4,12-13,15-16H2,1-3H3,(H2,29,30,31,33,34). The Hall–Kier alpha value is -3.78. The third-order valence-corrected chi connectivity index (χ3v) is 6.21. The van der Waals surface area contributed by atoms with Crippen LogP contribution < -0.4 is 15.4 Å². The molecule has 0 unspecified atom stereocenters. The molecule has 1 fully saturated rings. The number of carbonyl (C=O) groups excluding carboxylic acids is 2. The quantitative estimate of drug-likeness (QED) is 0.516. The predicted octanol–water partition coefficient (Wildman–Crippen LogP) is 5.11. The van der Waals surface area contributed by atoms with Crippen molar-refractivity contribution in [2.45, 2.75) is 39.0 Å². The van der Waals surface area contributed by atoms with E-state index in [-0.39, 0.29) is 12.3 Å². The molecule has 0 radical (unpaired) electrons. The van der Waals surface area contributed by atoms with Gasteiger partial charge in [-0.1, -0.05) is 31.2 Å². The molecule has 182 valence electrons. The van der Waals surface area contributed by atoms with Gasteiger partial charge in [0.2, 0.25) is 5.91 Å². The Morgan fingerprint density at radius 1 is 1.09 bits per heavy atom. The maximum atomic E-state index is 11.8. The minimum Gasteiger partial charge on any atom is -0.455 e. The van der Waals surface area contributed by atoms with Crippen molar-refractivity contribution >= 4 is 17.8 Å². The van der Waals surface area contributed by atoms with Gasteiger partial charge in [0, 0.05) is 24.2 Å². The van der Waals surface area contributed by atoms with E-state index in [1.54, 1.807) is 38.2 Å². The van der Waals surface area contributed by atoms with Crippen LogP contribution in [0.25, 0.3) is 11.3 Å². The molecule has 3 heterocycles. The van der Waals surface area contributed by atoms with Gasteiger partial charge in [0.05, 0.1) is 11.4 Å². The largest absolute Gasteiger partial charge is 0.455 e. The summed E-state index contributed by atoms with van der Waals surface area (Å²) < 4.78 is 6.05. The molecule has 0 aliphatic carbocycles. The molecule has 1 saturated heterocycles. The molecule has 2 N–H and O–H groups in total. The van der Waals surface area contributed by atoms with Crippen LogP contribution in [0.4, 0.5) is 10.6 Å². The van der Waals surface area contributed by atoms with Crippen LogP contribution in [0.1, 0.15) is 43.4 Å². The normalized spacial score (nSPS) is 14.4. The van der Waals surface area contributed by atoms with Gasteiger partial charge in [-0.25, -0.2) is 9.78 Å². The maximum Gasteiger partial charge on any atom is 0.327 e. The molecule has 3 amide bonds. The van der Waals surface area contributed by atoms with E-state index in [0.29, 0.717) is 28.9 Å². The molecule has 1 aliphatic heterocycles. The molecule has 0 spiro atoms. The van der Waals surface area contributed by atoms with Gasteiger partial charge >= 0.3 is 6.03 Å². The summed E-state index contributed by atoms with van der Waals surface area (Å²) in [6.45, 7) is 5.75. The zero-order valence-corrected chi connectivity index (χ0v) is 20.4. The number of nitrogens with one attached hydrogen (secondary N) is 2. The van der Waals surface area contributed by atoms with E-state index >= 15 is 0 Å². The van der Waals surface area contributed by atoms with Crippen LogP contribution in [0.2, 0.25) is 0 Å². The highest BCUT2D eigenvalue weighted by molar-refractivity contribution is 6.00. The summed E-state index contributed by atoms with van der Waals surface area (Å²) in [5.74, 6) is 1.80. The zero-order chi connectivity index (χ0) is 24.8. The van der Waals surface area contributed by atoms with Crippen LogP contribution >= 0.6 is 0 Å². The maximum absolute atomic E-state index is 11.8. The van der Waals surface area contributed by atoms with Crippen LogP contribution in [0.15, 0.2) is 54.7 Å². The van der Waals surface area contributed by atoms with Crippen molar-refractivity contribution in [3.05, 3.63) is 66.0 Å². The van der Waals surface area contributed by atoms with E-state index < -0.39 is 6.03 Å². The lowest BCUT2D eigenvalue weighted by Gasteiger charge is -2.29. The number of amides is 3. The number of piperidine rings is 1. The number of rotatable bonds is 6. The van der Waals surface area contributed by atoms with Gasteiger partial charge in [-0.15, -0.1) is 0 Å². The molecular formula is C27H31N5O3. The summed E-state index contributed by atoms with van der Waals surface area (Å²) >= 11 is 0. The van der Waals surface area contributed by atoms with Crippen molar-refractivity contribution in [1.29, 1.82) is 0 Å². The number of pyridine rings is 2. The van der Waals surface area contributed by atoms with Crippen LogP contribution in [-0.4, -0.2) is 46.9 Å². The molecule has 35 heavy (non-hydrogen) atoms. The Balaban J connectivity index is 1.42. The van der Waals surface area contributed by atoms with Gasteiger partial charge in [-0.05, 0) is 69.6 Å². The molecule has 1 aliphatic rings. The molecule has 0 bridgehead atoms. The highest BCUT2D eigenvalue weighted by atomic mass is 16.5. The number of anilines is 1. The van der Waals surface area contributed by atoms with E-state index in [1.165, 1.54) is 18.4 Å². The molecule has 2 aromatic heterocycles. The fourth-order valence-electron chi connectivity index (χ4n) is 4.12. The summed E-state index contributed by atoms with van der Waals surface area (Å²) in [6, 6.07) is 15.1. The first-order valence-electron chi connectivity index (χ1n) is 11.9. The lowest BCUT2D eigenvalue weighted by atomic mass is 9.89. The van der Waals surface area contributed by atoms with Crippen molar-refractivity contribution in [1.82, 2.24) is 20.2 Å². The van der Waals surface area contributed by atoms with Crippen LogP contribution in [-0.2, 0) is 4.79 Å². The SMILES string of the molecule is CCC(=O)NC(=O)Nc1ccc(Oc2ccnc(-c3ccc(C4CCN(C)CC4)cc3)c2)c(C)n1. The van der Waals surface area contributed by atoms with E-state index in [9.17, 15) is 9.59 Å². The van der Waals surface area contributed by atoms with Crippen LogP contribution in [0.3, 0.4) is 0 Å². The van der Waals surface area contributed by atoms with Crippen LogP contribution in [0.5, 0.6) is 11.5 Å². The average molecular weight is 474 g/mol. The first kappa shape index (κ1) is 24.3. The van der Waals surface area contributed by atoms with Gasteiger partial charge in [-0.3, -0.25) is 20.4 Å². The van der Waals surface area contributed by atoms with E-state index in [2.05, 4.69) is 56.8 Å². The number of ether oxygens (including phenoxy) is 1. The van der Waals surface area contributed by atoms with Crippen molar-refractivity contribution in [2.75, 3.05) is 25.5 Å². The first-order valence-corrected chi connectivity index (χ1v) is 11.9. The molecule has 4 rings (SSSR count). The van der Waals surface area contributed by atoms with Gasteiger partial charge in [0.15, 0.2) is 0 Å². The summed E-state index contributed by atoms with van der Waals surface area (Å²) in [7, 11) is 2.18. The fourth-order valence-corrected chi connectivity index (χ4v) is 4.12. The summed E-state index contributed by atoms with van der Waals surface area (Å²) in [6.07, 6.45) is 4.34. The topological polar surface area (TPSA) is 96.5 Å². The second-order valence-corrected chi connectivity index (χ2v) is 8.81. The number of urea groups is 1. The predicted molar refractivity (Wildman–Crippen MR) is 136 cm³/mol. The Bertz CT molecular complexity index is 1190. The van der Waals surface area contributed by atoms with E-state index in [1.807, 2.05) is 6.07 Å². The fraction of sp³-hybridized carbons (Fsp3) is 0.333. The Labute approximate surface area is 205 Å². The van der Waals surface area contributed by atoms with Crippen LogP contribution in [0, 0.1) is 6.92 Å². The molecule has 3 aromatic rings. The Morgan fingerprint density at radius 2 is 1.83 bits per heavy atom. The average Bonchev–Trinajstić information content (AvgIpc) is 2.86. The molecule has 8 nitrogen and oxygen atoms in total.